The Balaban J connectivity index is 2.45. The second kappa shape index (κ2) is 4.92. The molecule has 0 bridgehead atoms. The van der Waals surface area contributed by atoms with Gasteiger partial charge in [-0.25, -0.2) is 0 Å². The molecule has 0 spiro atoms. The SMILES string of the molecule is CC1CCC(C(=O)C(O)C(C)C)CC1. The quantitative estimate of drug-likeness (QED) is 0.756. The summed E-state index contributed by atoms with van der Waals surface area (Å²) >= 11 is 0. The van der Waals surface area contributed by atoms with Crippen LogP contribution >= 0.6 is 0 Å². The molecular formula is C12H22O2. The van der Waals surface area contributed by atoms with Gasteiger partial charge < -0.3 is 5.11 Å². The van der Waals surface area contributed by atoms with Crippen LogP contribution in [0.25, 0.3) is 0 Å². The van der Waals surface area contributed by atoms with Gasteiger partial charge in [-0.2, -0.15) is 0 Å². The molecule has 1 atom stereocenters. The molecule has 1 unspecified atom stereocenters. The third kappa shape index (κ3) is 2.81. The number of ketones is 1. The van der Waals surface area contributed by atoms with Crippen molar-refractivity contribution in [2.75, 3.05) is 0 Å². The number of rotatable bonds is 3. The summed E-state index contributed by atoms with van der Waals surface area (Å²) in [4.78, 5) is 11.8. The van der Waals surface area contributed by atoms with E-state index in [1.807, 2.05) is 13.8 Å². The zero-order chi connectivity index (χ0) is 10.7. The first-order valence-electron chi connectivity index (χ1n) is 5.74. The van der Waals surface area contributed by atoms with Crippen molar-refractivity contribution in [2.24, 2.45) is 17.8 Å². The van der Waals surface area contributed by atoms with Crippen molar-refractivity contribution in [3.63, 3.8) is 0 Å². The van der Waals surface area contributed by atoms with Crippen molar-refractivity contribution in [2.45, 2.75) is 52.6 Å². The average Bonchev–Trinajstić information content (AvgIpc) is 2.16. The lowest BCUT2D eigenvalue weighted by atomic mass is 9.78. The molecule has 82 valence electrons. The number of carbonyl (C=O) groups excluding carboxylic acids is 1. The summed E-state index contributed by atoms with van der Waals surface area (Å²) < 4.78 is 0. The van der Waals surface area contributed by atoms with E-state index < -0.39 is 6.10 Å². The second-order valence-electron chi connectivity index (χ2n) is 5.05. The number of aliphatic hydroxyl groups excluding tert-OH is 1. The highest BCUT2D eigenvalue weighted by Crippen LogP contribution is 2.30. The third-order valence-corrected chi connectivity index (χ3v) is 3.34. The highest BCUT2D eigenvalue weighted by molar-refractivity contribution is 5.85. The van der Waals surface area contributed by atoms with E-state index in [2.05, 4.69) is 6.92 Å². The van der Waals surface area contributed by atoms with Gasteiger partial charge in [-0.05, 0) is 24.7 Å². The Hall–Kier alpha value is -0.370. The number of carbonyl (C=O) groups is 1. The van der Waals surface area contributed by atoms with E-state index in [1.165, 1.54) is 0 Å². The van der Waals surface area contributed by atoms with Gasteiger partial charge in [0.05, 0.1) is 0 Å². The molecule has 0 aromatic heterocycles. The highest BCUT2D eigenvalue weighted by Gasteiger charge is 2.29. The van der Waals surface area contributed by atoms with Crippen LogP contribution in [0, 0.1) is 17.8 Å². The fraction of sp³-hybridized carbons (Fsp3) is 0.917. The van der Waals surface area contributed by atoms with Gasteiger partial charge in [-0.1, -0.05) is 33.6 Å². The molecule has 1 aliphatic rings. The largest absolute Gasteiger partial charge is 0.385 e. The zero-order valence-electron chi connectivity index (χ0n) is 9.49. The maximum Gasteiger partial charge on any atom is 0.164 e. The smallest absolute Gasteiger partial charge is 0.164 e. The Morgan fingerprint density at radius 2 is 1.71 bits per heavy atom. The van der Waals surface area contributed by atoms with Crippen molar-refractivity contribution < 1.29 is 9.90 Å². The first-order chi connectivity index (χ1) is 6.52. The van der Waals surface area contributed by atoms with Crippen molar-refractivity contribution in [1.82, 2.24) is 0 Å². The minimum absolute atomic E-state index is 0.0573. The summed E-state index contributed by atoms with van der Waals surface area (Å²) in [5.74, 6) is 1.02. The van der Waals surface area contributed by atoms with E-state index in [9.17, 15) is 9.90 Å². The third-order valence-electron chi connectivity index (χ3n) is 3.34. The summed E-state index contributed by atoms with van der Waals surface area (Å²) in [6, 6.07) is 0. The van der Waals surface area contributed by atoms with E-state index >= 15 is 0 Å². The molecule has 1 aliphatic carbocycles. The van der Waals surface area contributed by atoms with Crippen LogP contribution in [0.4, 0.5) is 0 Å². The maximum absolute atomic E-state index is 11.8. The Kier molecular flexibility index (Phi) is 4.11. The molecule has 14 heavy (non-hydrogen) atoms. The predicted octanol–water partition coefficient (Wildman–Crippen LogP) is 2.40. The zero-order valence-corrected chi connectivity index (χ0v) is 9.49. The van der Waals surface area contributed by atoms with Gasteiger partial charge in [0.2, 0.25) is 0 Å². The molecule has 1 fully saturated rings. The van der Waals surface area contributed by atoms with Gasteiger partial charge in [-0.15, -0.1) is 0 Å². The molecule has 0 amide bonds. The first kappa shape index (κ1) is 11.7. The van der Waals surface area contributed by atoms with Crippen LogP contribution in [0.2, 0.25) is 0 Å². The molecular weight excluding hydrogens is 176 g/mol. The second-order valence-corrected chi connectivity index (χ2v) is 5.05. The van der Waals surface area contributed by atoms with E-state index in [0.717, 1.165) is 31.6 Å². The lowest BCUT2D eigenvalue weighted by Crippen LogP contribution is -2.34. The number of Topliss-reactive ketones (excluding diaryl/α,β-unsaturated/α-hetero) is 1. The monoisotopic (exact) mass is 198 g/mol. The van der Waals surface area contributed by atoms with E-state index in [0.29, 0.717) is 0 Å². The van der Waals surface area contributed by atoms with Crippen LogP contribution in [0.5, 0.6) is 0 Å². The standard InChI is InChI=1S/C12H22O2/c1-8(2)11(13)12(14)10-6-4-9(3)5-7-10/h8-11,13H,4-7H2,1-3H3. The summed E-state index contributed by atoms with van der Waals surface area (Å²) in [5.41, 5.74) is 0. The lowest BCUT2D eigenvalue weighted by Gasteiger charge is -2.27. The predicted molar refractivity (Wildman–Crippen MR) is 57.0 cm³/mol. The Morgan fingerprint density at radius 3 is 2.14 bits per heavy atom. The Labute approximate surface area is 86.7 Å². The Bertz CT molecular complexity index is 190. The minimum Gasteiger partial charge on any atom is -0.385 e. The summed E-state index contributed by atoms with van der Waals surface area (Å²) in [6.07, 6.45) is 3.49. The van der Waals surface area contributed by atoms with Crippen molar-refractivity contribution in [3.05, 3.63) is 0 Å². The normalized spacial score (nSPS) is 30.4. The molecule has 1 saturated carbocycles. The highest BCUT2D eigenvalue weighted by atomic mass is 16.3. The van der Waals surface area contributed by atoms with Gasteiger partial charge in [0, 0.05) is 5.92 Å². The van der Waals surface area contributed by atoms with Gasteiger partial charge in [0.1, 0.15) is 6.10 Å². The number of aliphatic hydroxyl groups is 1. The Morgan fingerprint density at radius 1 is 1.21 bits per heavy atom. The van der Waals surface area contributed by atoms with Crippen molar-refractivity contribution in [1.29, 1.82) is 0 Å². The van der Waals surface area contributed by atoms with Crippen LogP contribution in [0.15, 0.2) is 0 Å². The molecule has 0 heterocycles. The molecule has 0 radical (unpaired) electrons. The van der Waals surface area contributed by atoms with Crippen molar-refractivity contribution >= 4 is 5.78 Å². The fourth-order valence-electron chi connectivity index (χ4n) is 2.11. The number of hydrogen-bond donors (Lipinski definition) is 1. The molecule has 0 saturated heterocycles. The van der Waals surface area contributed by atoms with Gasteiger partial charge in [0.25, 0.3) is 0 Å². The average molecular weight is 198 g/mol. The molecule has 2 heteroatoms. The van der Waals surface area contributed by atoms with Crippen LogP contribution in [0.1, 0.15) is 46.5 Å². The van der Waals surface area contributed by atoms with E-state index in [4.69, 9.17) is 0 Å². The molecule has 0 aromatic carbocycles. The van der Waals surface area contributed by atoms with Crippen LogP contribution in [0.3, 0.4) is 0 Å². The lowest BCUT2D eigenvalue weighted by molar-refractivity contribution is -0.134. The van der Waals surface area contributed by atoms with Crippen LogP contribution in [-0.4, -0.2) is 17.0 Å². The van der Waals surface area contributed by atoms with Crippen LogP contribution in [-0.2, 0) is 4.79 Å². The van der Waals surface area contributed by atoms with E-state index in [-0.39, 0.29) is 17.6 Å². The molecule has 1 N–H and O–H groups in total. The molecule has 0 aliphatic heterocycles. The first-order valence-corrected chi connectivity index (χ1v) is 5.74. The fourth-order valence-corrected chi connectivity index (χ4v) is 2.11. The van der Waals surface area contributed by atoms with E-state index in [1.54, 1.807) is 0 Å². The topological polar surface area (TPSA) is 37.3 Å². The minimum atomic E-state index is -0.742. The van der Waals surface area contributed by atoms with Gasteiger partial charge in [-0.3, -0.25) is 4.79 Å². The van der Waals surface area contributed by atoms with Crippen LogP contribution < -0.4 is 0 Å². The molecule has 1 rings (SSSR count). The van der Waals surface area contributed by atoms with Gasteiger partial charge in [0.15, 0.2) is 5.78 Å². The maximum atomic E-state index is 11.8. The number of hydrogen-bond acceptors (Lipinski definition) is 2. The van der Waals surface area contributed by atoms with Gasteiger partial charge >= 0.3 is 0 Å². The molecule has 2 nitrogen and oxygen atoms in total. The summed E-state index contributed by atoms with van der Waals surface area (Å²) in [5, 5.41) is 9.66. The van der Waals surface area contributed by atoms with Crippen molar-refractivity contribution in [3.8, 4) is 0 Å². The summed E-state index contributed by atoms with van der Waals surface area (Å²) in [7, 11) is 0. The summed E-state index contributed by atoms with van der Waals surface area (Å²) in [6.45, 7) is 6.03. The molecule has 0 aromatic rings.